The summed E-state index contributed by atoms with van der Waals surface area (Å²) < 4.78 is 10.9. The molecule has 1 atom stereocenters. The maximum absolute atomic E-state index is 12.7. The van der Waals surface area contributed by atoms with Gasteiger partial charge in [-0.1, -0.05) is 26.0 Å². The number of carbonyl (C=O) groups excluding carboxylic acids is 2. The molecule has 3 N–H and O–H groups in total. The summed E-state index contributed by atoms with van der Waals surface area (Å²) in [7, 11) is 1.44. The number of hydrogen-bond acceptors (Lipinski definition) is 6. The molecule has 0 unspecified atom stereocenters. The van der Waals surface area contributed by atoms with E-state index in [1.807, 2.05) is 13.8 Å². The lowest BCUT2D eigenvalue weighted by Crippen LogP contribution is -2.29. The van der Waals surface area contributed by atoms with Crippen LogP contribution in [-0.4, -0.2) is 35.2 Å². The zero-order chi connectivity index (χ0) is 24.6. The lowest BCUT2D eigenvalue weighted by molar-refractivity contribution is -0.131. The highest BCUT2D eigenvalue weighted by Crippen LogP contribution is 2.42. The van der Waals surface area contributed by atoms with Crippen LogP contribution in [0.5, 0.6) is 11.5 Å². The van der Waals surface area contributed by atoms with E-state index in [4.69, 9.17) is 14.6 Å². The highest BCUT2D eigenvalue weighted by atomic mass is 16.6. The summed E-state index contributed by atoms with van der Waals surface area (Å²) in [5.41, 5.74) is 0.932. The number of methoxy groups -OCH3 is 1. The Labute approximate surface area is 192 Å². The number of carboxylic acids is 1. The molecular weight excluding hydrogens is 426 g/mol. The van der Waals surface area contributed by atoms with E-state index in [9.17, 15) is 19.5 Å². The minimum absolute atomic E-state index is 0.0813. The maximum Gasteiger partial charge on any atom is 0.412 e. The summed E-state index contributed by atoms with van der Waals surface area (Å²) in [6, 6.07) is 11.2. The molecule has 0 radical (unpaired) electrons. The zero-order valence-corrected chi connectivity index (χ0v) is 19.1. The van der Waals surface area contributed by atoms with Crippen LogP contribution in [0, 0.1) is 5.41 Å². The molecule has 2 rings (SSSR count). The Bertz CT molecular complexity index is 1030. The van der Waals surface area contributed by atoms with E-state index in [-0.39, 0.29) is 17.3 Å². The van der Waals surface area contributed by atoms with E-state index in [2.05, 4.69) is 5.32 Å². The number of anilines is 1. The third kappa shape index (κ3) is 7.38. The van der Waals surface area contributed by atoms with Crippen molar-refractivity contribution in [3.63, 3.8) is 0 Å². The van der Waals surface area contributed by atoms with Crippen LogP contribution in [0.2, 0.25) is 0 Å². The Morgan fingerprint density at radius 2 is 1.79 bits per heavy atom. The molecule has 0 aliphatic carbocycles. The third-order valence-electron chi connectivity index (χ3n) is 5.19. The van der Waals surface area contributed by atoms with Crippen LogP contribution in [0.15, 0.2) is 54.6 Å². The Balaban J connectivity index is 2.25. The number of ether oxygens (including phenoxy) is 2. The molecule has 0 aromatic heterocycles. The van der Waals surface area contributed by atoms with Gasteiger partial charge in [-0.3, -0.25) is 10.1 Å². The van der Waals surface area contributed by atoms with Gasteiger partial charge < -0.3 is 19.7 Å². The largest absolute Gasteiger partial charge is 0.504 e. The molecule has 176 valence electrons. The van der Waals surface area contributed by atoms with Crippen LogP contribution in [0.4, 0.5) is 10.5 Å². The Morgan fingerprint density at radius 3 is 2.33 bits per heavy atom. The predicted octanol–water partition coefficient (Wildman–Crippen LogP) is 5.34. The molecule has 0 bridgehead atoms. The van der Waals surface area contributed by atoms with Crippen molar-refractivity contribution in [2.75, 3.05) is 12.4 Å². The summed E-state index contributed by atoms with van der Waals surface area (Å²) in [6.07, 6.45) is 2.11. The van der Waals surface area contributed by atoms with Crippen LogP contribution in [0.1, 0.15) is 55.6 Å². The van der Waals surface area contributed by atoms with E-state index < -0.39 is 23.6 Å². The summed E-state index contributed by atoms with van der Waals surface area (Å²) >= 11 is 0. The van der Waals surface area contributed by atoms with Gasteiger partial charge in [-0.2, -0.15) is 0 Å². The number of benzene rings is 2. The van der Waals surface area contributed by atoms with E-state index in [0.717, 1.165) is 6.08 Å². The monoisotopic (exact) mass is 455 g/mol. The number of ketones is 1. The number of aliphatic carboxylic acids is 1. The Kier molecular flexibility index (Phi) is 8.62. The lowest BCUT2D eigenvalue weighted by atomic mass is 9.78. The minimum atomic E-state index is -1.03. The van der Waals surface area contributed by atoms with Crippen molar-refractivity contribution < 1.29 is 34.1 Å². The highest BCUT2D eigenvalue weighted by molar-refractivity contribution is 5.95. The van der Waals surface area contributed by atoms with Crippen molar-refractivity contribution in [3.8, 4) is 11.5 Å². The van der Waals surface area contributed by atoms with E-state index in [0.29, 0.717) is 29.7 Å². The molecule has 33 heavy (non-hydrogen) atoms. The van der Waals surface area contributed by atoms with Crippen molar-refractivity contribution in [3.05, 3.63) is 65.7 Å². The molecule has 0 heterocycles. The molecule has 8 heteroatoms. The van der Waals surface area contributed by atoms with Crippen LogP contribution < -0.4 is 10.1 Å². The third-order valence-corrected chi connectivity index (χ3v) is 5.19. The molecular formula is C25H29NO7. The molecule has 1 amide bonds. The van der Waals surface area contributed by atoms with Gasteiger partial charge in [0.2, 0.25) is 0 Å². The molecule has 2 aromatic carbocycles. The lowest BCUT2D eigenvalue weighted by Gasteiger charge is -2.34. The van der Waals surface area contributed by atoms with Crippen LogP contribution in [-0.2, 0) is 9.53 Å². The number of carboxylic acid groups (broad SMARTS) is 1. The second-order valence-corrected chi connectivity index (χ2v) is 8.24. The topological polar surface area (TPSA) is 122 Å². The quantitative estimate of drug-likeness (QED) is 0.326. The number of amides is 1. The number of Topliss-reactive ketones (excluding diaryl/α,β-unsaturated/α-hetero) is 1. The van der Waals surface area contributed by atoms with Crippen molar-refractivity contribution in [1.29, 1.82) is 0 Å². The average Bonchev–Trinajstić information content (AvgIpc) is 2.75. The SMILES string of the molecule is COc1ccc([C@H](OC(=O)Nc2ccc(C(C)=O)cc2)C(C)(C)CC/C=C/C(=O)O)cc1O. The van der Waals surface area contributed by atoms with Gasteiger partial charge in [0.25, 0.3) is 0 Å². The van der Waals surface area contributed by atoms with Gasteiger partial charge in [-0.15, -0.1) is 0 Å². The number of hydrogen-bond donors (Lipinski definition) is 3. The Hall–Kier alpha value is -3.81. The zero-order valence-electron chi connectivity index (χ0n) is 19.1. The van der Waals surface area contributed by atoms with Crippen molar-refractivity contribution in [1.82, 2.24) is 0 Å². The van der Waals surface area contributed by atoms with Crippen LogP contribution in [0.3, 0.4) is 0 Å². The number of phenols is 1. The maximum atomic E-state index is 12.7. The number of carbonyl (C=O) groups is 3. The number of phenolic OH excluding ortho intramolecular Hbond substituents is 1. The van der Waals surface area contributed by atoms with Crippen LogP contribution in [0.25, 0.3) is 0 Å². The fourth-order valence-corrected chi connectivity index (χ4v) is 3.36. The molecule has 0 aliphatic heterocycles. The van der Waals surface area contributed by atoms with Gasteiger partial charge >= 0.3 is 12.1 Å². The fourth-order valence-electron chi connectivity index (χ4n) is 3.36. The molecule has 0 aliphatic rings. The van der Waals surface area contributed by atoms with Crippen molar-refractivity contribution in [2.24, 2.45) is 5.41 Å². The van der Waals surface area contributed by atoms with Gasteiger partial charge in [0.1, 0.15) is 6.10 Å². The molecule has 0 saturated carbocycles. The molecule has 0 spiro atoms. The van der Waals surface area contributed by atoms with Gasteiger partial charge in [-0.05, 0) is 61.7 Å². The summed E-state index contributed by atoms with van der Waals surface area (Å²) in [5, 5.41) is 21.7. The molecule has 0 fully saturated rings. The van der Waals surface area contributed by atoms with Crippen LogP contribution >= 0.6 is 0 Å². The van der Waals surface area contributed by atoms with Gasteiger partial charge in [-0.25, -0.2) is 9.59 Å². The second kappa shape index (κ2) is 11.2. The summed E-state index contributed by atoms with van der Waals surface area (Å²) in [5.74, 6) is -0.918. The number of aromatic hydroxyl groups is 1. The number of rotatable bonds is 10. The summed E-state index contributed by atoms with van der Waals surface area (Å²) in [6.45, 7) is 5.24. The van der Waals surface area contributed by atoms with Crippen molar-refractivity contribution >= 4 is 23.5 Å². The van der Waals surface area contributed by atoms with E-state index >= 15 is 0 Å². The Morgan fingerprint density at radius 1 is 1.12 bits per heavy atom. The average molecular weight is 456 g/mol. The first-order valence-electron chi connectivity index (χ1n) is 10.4. The van der Waals surface area contributed by atoms with Gasteiger partial charge in [0.15, 0.2) is 17.3 Å². The smallest absolute Gasteiger partial charge is 0.412 e. The fraction of sp³-hybridized carbons (Fsp3) is 0.320. The second-order valence-electron chi connectivity index (χ2n) is 8.24. The number of nitrogens with one attached hydrogen (secondary N) is 1. The standard InChI is InChI=1S/C25H29NO7/c1-16(27)17-8-11-19(12-9-17)26-24(31)33-23(18-10-13-21(32-4)20(28)15-18)25(2,3)14-6-5-7-22(29)30/h5,7-13,15,23,28H,6,14H2,1-4H3,(H,26,31)(H,29,30)/b7-5+/t23-/m0/s1. The predicted molar refractivity (Wildman–Crippen MR) is 124 cm³/mol. The van der Waals surface area contributed by atoms with Gasteiger partial charge in [0.05, 0.1) is 7.11 Å². The normalized spacial score (nSPS) is 12.2. The molecule has 2 aromatic rings. The van der Waals surface area contributed by atoms with E-state index in [1.54, 1.807) is 42.5 Å². The first-order valence-corrected chi connectivity index (χ1v) is 10.4. The summed E-state index contributed by atoms with van der Waals surface area (Å²) in [4.78, 5) is 34.9. The minimum Gasteiger partial charge on any atom is -0.504 e. The van der Waals surface area contributed by atoms with Crippen molar-refractivity contribution in [2.45, 2.75) is 39.7 Å². The van der Waals surface area contributed by atoms with Gasteiger partial charge in [0, 0.05) is 22.7 Å². The molecule has 8 nitrogen and oxygen atoms in total. The first kappa shape index (κ1) is 25.5. The first-order chi connectivity index (χ1) is 15.5. The highest BCUT2D eigenvalue weighted by Gasteiger charge is 2.34. The molecule has 0 saturated heterocycles. The van der Waals surface area contributed by atoms with E-state index in [1.165, 1.54) is 20.1 Å². The number of allylic oxidation sites excluding steroid dienone is 1.